The Kier molecular flexibility index (Phi) is 3.75. The largest absolute Gasteiger partial charge is 0.378 e. The first-order valence-electron chi connectivity index (χ1n) is 5.40. The second-order valence-electron chi connectivity index (χ2n) is 4.33. The van der Waals surface area contributed by atoms with Gasteiger partial charge in [-0.1, -0.05) is 29.3 Å². The van der Waals surface area contributed by atoms with Crippen LogP contribution in [0.1, 0.15) is 24.9 Å². The molecule has 0 radical (unpaired) electrons. The first-order valence-corrected chi connectivity index (χ1v) is 6.15. The Balaban J connectivity index is 2.17. The molecule has 0 bridgehead atoms. The van der Waals surface area contributed by atoms with Crippen LogP contribution in [-0.2, 0) is 4.74 Å². The zero-order chi connectivity index (χ0) is 11.7. The standard InChI is InChI=1S/C12H15Cl2NO/c1-7-4-8(6-16-7)12(15)10-3-2-9(13)5-11(10)14/h2-3,5,7-8,12H,4,6,15H2,1H3. The Hall–Kier alpha value is -0.280. The normalized spacial score (nSPS) is 27.0. The van der Waals surface area contributed by atoms with Crippen LogP contribution >= 0.6 is 23.2 Å². The smallest absolute Gasteiger partial charge is 0.0551 e. The molecule has 1 aromatic rings. The van der Waals surface area contributed by atoms with Gasteiger partial charge < -0.3 is 10.5 Å². The van der Waals surface area contributed by atoms with Crippen LogP contribution in [0.25, 0.3) is 0 Å². The molecule has 1 aromatic carbocycles. The van der Waals surface area contributed by atoms with Crippen LogP contribution in [0.2, 0.25) is 10.0 Å². The molecule has 3 atom stereocenters. The summed E-state index contributed by atoms with van der Waals surface area (Å²) in [6.07, 6.45) is 1.28. The number of halogens is 2. The number of rotatable bonds is 2. The van der Waals surface area contributed by atoms with Gasteiger partial charge in [0.25, 0.3) is 0 Å². The van der Waals surface area contributed by atoms with Crippen LogP contribution in [0.5, 0.6) is 0 Å². The van der Waals surface area contributed by atoms with Crippen molar-refractivity contribution in [1.82, 2.24) is 0 Å². The maximum atomic E-state index is 6.21. The molecule has 0 aliphatic carbocycles. The molecule has 1 fully saturated rings. The Morgan fingerprint density at radius 2 is 2.19 bits per heavy atom. The van der Waals surface area contributed by atoms with Crippen molar-refractivity contribution in [1.29, 1.82) is 0 Å². The van der Waals surface area contributed by atoms with Crippen molar-refractivity contribution in [3.8, 4) is 0 Å². The summed E-state index contributed by atoms with van der Waals surface area (Å²) < 4.78 is 5.52. The Bertz CT molecular complexity index is 383. The summed E-state index contributed by atoms with van der Waals surface area (Å²) >= 11 is 12.0. The zero-order valence-corrected chi connectivity index (χ0v) is 10.6. The zero-order valence-electron chi connectivity index (χ0n) is 9.12. The summed E-state index contributed by atoms with van der Waals surface area (Å²) in [7, 11) is 0. The third kappa shape index (κ3) is 2.51. The summed E-state index contributed by atoms with van der Waals surface area (Å²) in [6, 6.07) is 5.38. The highest BCUT2D eigenvalue weighted by atomic mass is 35.5. The fraction of sp³-hybridized carbons (Fsp3) is 0.500. The van der Waals surface area contributed by atoms with Gasteiger partial charge >= 0.3 is 0 Å². The minimum atomic E-state index is -0.0743. The van der Waals surface area contributed by atoms with Gasteiger partial charge in [-0.05, 0) is 31.0 Å². The van der Waals surface area contributed by atoms with Gasteiger partial charge in [0.15, 0.2) is 0 Å². The van der Waals surface area contributed by atoms with E-state index in [9.17, 15) is 0 Å². The molecule has 1 aliphatic heterocycles. The lowest BCUT2D eigenvalue weighted by molar-refractivity contribution is 0.118. The molecule has 2 nitrogen and oxygen atoms in total. The molecule has 2 N–H and O–H groups in total. The molecule has 0 saturated carbocycles. The lowest BCUT2D eigenvalue weighted by Gasteiger charge is -2.19. The van der Waals surface area contributed by atoms with E-state index in [-0.39, 0.29) is 6.04 Å². The predicted octanol–water partition coefficient (Wildman–Crippen LogP) is 3.42. The molecular formula is C12H15Cl2NO. The van der Waals surface area contributed by atoms with Gasteiger partial charge in [0.2, 0.25) is 0 Å². The van der Waals surface area contributed by atoms with Crippen molar-refractivity contribution in [2.24, 2.45) is 11.7 Å². The van der Waals surface area contributed by atoms with Crippen molar-refractivity contribution < 1.29 is 4.74 Å². The summed E-state index contributed by atoms with van der Waals surface area (Å²) in [5.74, 6) is 0.341. The van der Waals surface area contributed by atoms with E-state index in [2.05, 4.69) is 6.92 Å². The quantitative estimate of drug-likeness (QED) is 0.884. The van der Waals surface area contributed by atoms with Crippen molar-refractivity contribution in [3.63, 3.8) is 0 Å². The first kappa shape index (κ1) is 12.2. The van der Waals surface area contributed by atoms with Gasteiger partial charge in [0.05, 0.1) is 12.7 Å². The van der Waals surface area contributed by atoms with E-state index in [1.54, 1.807) is 6.07 Å². The van der Waals surface area contributed by atoms with E-state index < -0.39 is 0 Å². The number of hydrogen-bond acceptors (Lipinski definition) is 2. The fourth-order valence-electron chi connectivity index (χ4n) is 2.13. The third-order valence-corrected chi connectivity index (χ3v) is 3.62. The third-order valence-electron chi connectivity index (χ3n) is 3.06. The Morgan fingerprint density at radius 1 is 1.44 bits per heavy atom. The highest BCUT2D eigenvalue weighted by Crippen LogP contribution is 2.34. The number of nitrogens with two attached hydrogens (primary N) is 1. The minimum Gasteiger partial charge on any atom is -0.378 e. The van der Waals surface area contributed by atoms with E-state index in [0.717, 1.165) is 12.0 Å². The highest BCUT2D eigenvalue weighted by Gasteiger charge is 2.29. The molecule has 0 aromatic heterocycles. The predicted molar refractivity (Wildman–Crippen MR) is 66.9 cm³/mol. The Morgan fingerprint density at radius 3 is 2.75 bits per heavy atom. The van der Waals surface area contributed by atoms with Gasteiger partial charge in [0, 0.05) is 22.0 Å². The summed E-state index contributed by atoms with van der Waals surface area (Å²) in [6.45, 7) is 2.78. The molecule has 1 aliphatic rings. The van der Waals surface area contributed by atoms with E-state index in [1.807, 2.05) is 12.1 Å². The van der Waals surface area contributed by atoms with Crippen LogP contribution < -0.4 is 5.73 Å². The van der Waals surface area contributed by atoms with Gasteiger partial charge in [-0.3, -0.25) is 0 Å². The molecule has 2 rings (SSSR count). The number of ether oxygens (including phenoxy) is 1. The van der Waals surface area contributed by atoms with Crippen molar-refractivity contribution in [3.05, 3.63) is 33.8 Å². The summed E-state index contributed by atoms with van der Waals surface area (Å²) in [5, 5.41) is 1.27. The fourth-order valence-corrected chi connectivity index (χ4v) is 2.66. The van der Waals surface area contributed by atoms with E-state index >= 15 is 0 Å². The maximum Gasteiger partial charge on any atom is 0.0551 e. The van der Waals surface area contributed by atoms with Gasteiger partial charge in [-0.2, -0.15) is 0 Å². The second kappa shape index (κ2) is 4.92. The highest BCUT2D eigenvalue weighted by molar-refractivity contribution is 6.35. The summed E-state index contributed by atoms with van der Waals surface area (Å²) in [4.78, 5) is 0. The molecule has 16 heavy (non-hydrogen) atoms. The van der Waals surface area contributed by atoms with Crippen LogP contribution in [0.15, 0.2) is 18.2 Å². The molecule has 1 saturated heterocycles. The lowest BCUT2D eigenvalue weighted by atomic mass is 9.92. The average molecular weight is 260 g/mol. The van der Waals surface area contributed by atoms with Crippen molar-refractivity contribution in [2.45, 2.75) is 25.5 Å². The molecule has 1 heterocycles. The molecule has 4 heteroatoms. The topological polar surface area (TPSA) is 35.2 Å². The molecule has 3 unspecified atom stereocenters. The Labute approximate surface area is 106 Å². The SMILES string of the molecule is CC1CC(C(N)c2ccc(Cl)cc2Cl)CO1. The van der Waals surface area contributed by atoms with Gasteiger partial charge in [-0.25, -0.2) is 0 Å². The van der Waals surface area contributed by atoms with Crippen molar-refractivity contribution in [2.75, 3.05) is 6.61 Å². The van der Waals surface area contributed by atoms with Crippen LogP contribution in [0.4, 0.5) is 0 Å². The lowest BCUT2D eigenvalue weighted by Crippen LogP contribution is -2.22. The monoisotopic (exact) mass is 259 g/mol. The molecule has 0 amide bonds. The van der Waals surface area contributed by atoms with Crippen LogP contribution in [0, 0.1) is 5.92 Å². The van der Waals surface area contributed by atoms with E-state index in [0.29, 0.717) is 28.7 Å². The molecule has 88 valence electrons. The first-order chi connectivity index (χ1) is 7.58. The maximum absolute atomic E-state index is 6.21. The minimum absolute atomic E-state index is 0.0743. The second-order valence-corrected chi connectivity index (χ2v) is 5.17. The van der Waals surface area contributed by atoms with Gasteiger partial charge in [-0.15, -0.1) is 0 Å². The van der Waals surface area contributed by atoms with Gasteiger partial charge in [0.1, 0.15) is 0 Å². The molecular weight excluding hydrogens is 245 g/mol. The van der Waals surface area contributed by atoms with Crippen molar-refractivity contribution >= 4 is 23.2 Å². The van der Waals surface area contributed by atoms with Crippen LogP contribution in [-0.4, -0.2) is 12.7 Å². The number of benzene rings is 1. The average Bonchev–Trinajstić information content (AvgIpc) is 2.64. The van der Waals surface area contributed by atoms with E-state index in [1.165, 1.54) is 0 Å². The van der Waals surface area contributed by atoms with Crippen LogP contribution in [0.3, 0.4) is 0 Å². The molecule has 0 spiro atoms. The van der Waals surface area contributed by atoms with E-state index in [4.69, 9.17) is 33.7 Å². The number of hydrogen-bond donors (Lipinski definition) is 1. The summed E-state index contributed by atoms with van der Waals surface area (Å²) in [5.41, 5.74) is 7.16.